The second-order valence-corrected chi connectivity index (χ2v) is 7.01. The van der Waals surface area contributed by atoms with Crippen LogP contribution in [0.3, 0.4) is 0 Å². The Morgan fingerprint density at radius 1 is 1.18 bits per heavy atom. The van der Waals surface area contributed by atoms with Crippen LogP contribution in [0.25, 0.3) is 16.7 Å². The molecule has 22 heavy (non-hydrogen) atoms. The zero-order chi connectivity index (χ0) is 16.1. The normalized spacial score (nSPS) is 12.0. The average molecular weight is 318 g/mol. The minimum atomic E-state index is -3.70. The number of aromatic nitrogens is 4. The second kappa shape index (κ2) is 4.77. The summed E-state index contributed by atoms with van der Waals surface area (Å²) in [5.41, 5.74) is 1.06. The number of sulfone groups is 1. The van der Waals surface area contributed by atoms with E-state index in [4.69, 9.17) is 0 Å². The first kappa shape index (κ1) is 14.5. The molecule has 7 nitrogen and oxygen atoms in total. The molecule has 114 valence electrons. The van der Waals surface area contributed by atoms with Crippen molar-refractivity contribution in [3.8, 4) is 5.69 Å². The summed E-state index contributed by atoms with van der Waals surface area (Å²) in [7, 11) is -2.09. The molecule has 2 heterocycles. The van der Waals surface area contributed by atoms with E-state index in [1.54, 1.807) is 32.2 Å². The maximum Gasteiger partial charge on any atom is 0.270 e. The van der Waals surface area contributed by atoms with Crippen molar-refractivity contribution < 1.29 is 8.42 Å². The van der Waals surface area contributed by atoms with Gasteiger partial charge in [0.1, 0.15) is 5.39 Å². The van der Waals surface area contributed by atoms with E-state index in [1.807, 2.05) is 6.07 Å². The smallest absolute Gasteiger partial charge is 0.268 e. The van der Waals surface area contributed by atoms with Crippen LogP contribution in [-0.4, -0.2) is 34.0 Å². The Bertz CT molecular complexity index is 1050. The van der Waals surface area contributed by atoms with Gasteiger partial charge in [0.25, 0.3) is 5.56 Å². The van der Waals surface area contributed by atoms with Crippen LogP contribution in [0.5, 0.6) is 0 Å². The summed E-state index contributed by atoms with van der Waals surface area (Å²) in [6.07, 6.45) is 2.43. The second-order valence-electron chi connectivity index (χ2n) is 5.10. The Labute approximate surface area is 126 Å². The van der Waals surface area contributed by atoms with Gasteiger partial charge in [-0.05, 0) is 18.6 Å². The van der Waals surface area contributed by atoms with Gasteiger partial charge in [-0.25, -0.2) is 8.42 Å². The molecule has 0 aliphatic carbocycles. The van der Waals surface area contributed by atoms with Gasteiger partial charge in [-0.15, -0.1) is 0 Å². The molecular weight excluding hydrogens is 304 g/mol. The number of rotatable bonds is 2. The molecule has 0 fully saturated rings. The van der Waals surface area contributed by atoms with Crippen LogP contribution in [-0.2, 0) is 16.9 Å². The van der Waals surface area contributed by atoms with Gasteiger partial charge in [-0.2, -0.15) is 10.1 Å². The van der Waals surface area contributed by atoms with Crippen LogP contribution in [0.4, 0.5) is 0 Å². The summed E-state index contributed by atoms with van der Waals surface area (Å²) in [4.78, 5) is 16.9. The highest BCUT2D eigenvalue weighted by atomic mass is 32.2. The van der Waals surface area contributed by atoms with E-state index in [0.717, 1.165) is 16.4 Å². The Kier molecular flexibility index (Phi) is 3.13. The summed E-state index contributed by atoms with van der Waals surface area (Å²) < 4.78 is 26.7. The highest BCUT2D eigenvalue weighted by Gasteiger charge is 2.22. The molecule has 0 atom stereocenters. The number of fused-ring (bicyclic) bond motifs is 1. The number of para-hydroxylation sites is 1. The van der Waals surface area contributed by atoms with Crippen LogP contribution in [0.1, 0.15) is 5.56 Å². The zero-order valence-electron chi connectivity index (χ0n) is 12.3. The van der Waals surface area contributed by atoms with E-state index < -0.39 is 15.4 Å². The minimum Gasteiger partial charge on any atom is -0.268 e. The number of aryl methyl sites for hydroxylation is 2. The van der Waals surface area contributed by atoms with Crippen LogP contribution in [0.2, 0.25) is 0 Å². The fourth-order valence-corrected chi connectivity index (χ4v) is 3.10. The van der Waals surface area contributed by atoms with Crippen molar-refractivity contribution in [3.05, 3.63) is 46.4 Å². The lowest BCUT2D eigenvalue weighted by molar-refractivity contribution is 0.585. The van der Waals surface area contributed by atoms with E-state index in [-0.39, 0.29) is 16.2 Å². The predicted molar refractivity (Wildman–Crippen MR) is 82.0 cm³/mol. The van der Waals surface area contributed by atoms with Crippen molar-refractivity contribution in [2.45, 2.75) is 12.1 Å². The van der Waals surface area contributed by atoms with E-state index in [9.17, 15) is 13.2 Å². The van der Waals surface area contributed by atoms with Crippen LogP contribution in [0, 0.1) is 6.92 Å². The molecule has 2 aromatic heterocycles. The van der Waals surface area contributed by atoms with E-state index in [0.29, 0.717) is 5.69 Å². The molecule has 0 saturated heterocycles. The largest absolute Gasteiger partial charge is 0.270 e. The molecule has 0 bridgehead atoms. The quantitative estimate of drug-likeness (QED) is 0.653. The Morgan fingerprint density at radius 3 is 2.50 bits per heavy atom. The summed E-state index contributed by atoms with van der Waals surface area (Å²) >= 11 is 0. The summed E-state index contributed by atoms with van der Waals surface area (Å²) in [6.45, 7) is 1.81. The minimum absolute atomic E-state index is 0.246. The third-order valence-electron chi connectivity index (χ3n) is 3.42. The molecular formula is C14H14N4O3S. The number of nitrogens with zero attached hydrogens (tertiary/aromatic N) is 4. The standard InChI is InChI=1S/C14H14N4O3S/c1-9-6-4-5-7-11(9)18-13(19)10-8-15-17(2)12(10)16-14(18)22(3,20)21/h4-8H,1-3H3. The van der Waals surface area contributed by atoms with Gasteiger partial charge < -0.3 is 0 Å². The van der Waals surface area contributed by atoms with Crippen LogP contribution < -0.4 is 5.56 Å². The molecule has 0 aliphatic rings. The number of benzene rings is 1. The predicted octanol–water partition coefficient (Wildman–Crippen LogP) is 0.831. The van der Waals surface area contributed by atoms with Crippen molar-refractivity contribution in [1.29, 1.82) is 0 Å². The van der Waals surface area contributed by atoms with Gasteiger partial charge in [-0.3, -0.25) is 14.0 Å². The molecule has 0 saturated carbocycles. The molecule has 0 amide bonds. The molecule has 8 heteroatoms. The summed E-state index contributed by atoms with van der Waals surface area (Å²) in [6, 6.07) is 7.06. The van der Waals surface area contributed by atoms with E-state index in [2.05, 4.69) is 10.1 Å². The lowest BCUT2D eigenvalue weighted by Gasteiger charge is -2.13. The first-order valence-electron chi connectivity index (χ1n) is 6.51. The van der Waals surface area contributed by atoms with Crippen LogP contribution in [0.15, 0.2) is 40.4 Å². The van der Waals surface area contributed by atoms with Gasteiger partial charge in [0.2, 0.25) is 15.0 Å². The van der Waals surface area contributed by atoms with E-state index in [1.165, 1.54) is 10.9 Å². The monoisotopic (exact) mass is 318 g/mol. The lowest BCUT2D eigenvalue weighted by Crippen LogP contribution is -2.26. The fourth-order valence-electron chi connectivity index (χ4n) is 2.34. The van der Waals surface area contributed by atoms with Gasteiger partial charge in [0, 0.05) is 13.3 Å². The zero-order valence-corrected chi connectivity index (χ0v) is 13.1. The van der Waals surface area contributed by atoms with Crippen molar-refractivity contribution in [3.63, 3.8) is 0 Å². The molecule has 0 radical (unpaired) electrons. The Balaban J connectivity index is 2.56. The van der Waals surface area contributed by atoms with Crippen molar-refractivity contribution in [2.24, 2.45) is 7.05 Å². The fraction of sp³-hybridized carbons (Fsp3) is 0.214. The van der Waals surface area contributed by atoms with Crippen molar-refractivity contribution in [1.82, 2.24) is 19.3 Å². The van der Waals surface area contributed by atoms with Gasteiger partial charge in [-0.1, -0.05) is 18.2 Å². The van der Waals surface area contributed by atoms with Gasteiger partial charge >= 0.3 is 0 Å². The maximum absolute atomic E-state index is 12.8. The van der Waals surface area contributed by atoms with E-state index >= 15 is 0 Å². The summed E-state index contributed by atoms with van der Waals surface area (Å²) in [5, 5.41) is 3.97. The number of hydrogen-bond acceptors (Lipinski definition) is 5. The molecule has 3 aromatic rings. The molecule has 1 aromatic carbocycles. The average Bonchev–Trinajstić information content (AvgIpc) is 2.81. The Morgan fingerprint density at radius 2 is 1.86 bits per heavy atom. The van der Waals surface area contributed by atoms with Gasteiger partial charge in [0.15, 0.2) is 5.65 Å². The number of hydrogen-bond donors (Lipinski definition) is 0. The molecule has 0 spiro atoms. The SMILES string of the molecule is Cc1ccccc1-n1c(S(C)(=O)=O)nc2c(cnn2C)c1=O. The topological polar surface area (TPSA) is 86.8 Å². The summed E-state index contributed by atoms with van der Waals surface area (Å²) in [5.74, 6) is 0. The maximum atomic E-state index is 12.8. The lowest BCUT2D eigenvalue weighted by atomic mass is 10.2. The third-order valence-corrected chi connectivity index (χ3v) is 4.36. The third kappa shape index (κ3) is 2.12. The molecule has 3 rings (SSSR count). The van der Waals surface area contributed by atoms with Crippen molar-refractivity contribution >= 4 is 20.9 Å². The molecule has 0 unspecified atom stereocenters. The highest BCUT2D eigenvalue weighted by Crippen LogP contribution is 2.18. The molecule has 0 N–H and O–H groups in total. The Hall–Kier alpha value is -2.48. The van der Waals surface area contributed by atoms with Crippen molar-refractivity contribution in [2.75, 3.05) is 6.26 Å². The van der Waals surface area contributed by atoms with Crippen LogP contribution >= 0.6 is 0 Å². The first-order chi connectivity index (χ1) is 10.3. The molecule has 0 aliphatic heterocycles. The first-order valence-corrected chi connectivity index (χ1v) is 8.40. The van der Waals surface area contributed by atoms with Gasteiger partial charge in [0.05, 0.1) is 11.9 Å². The highest BCUT2D eigenvalue weighted by molar-refractivity contribution is 7.90.